The molecule has 7 rings (SSSR count). The van der Waals surface area contributed by atoms with Crippen LogP contribution in [0.5, 0.6) is 0 Å². The third-order valence-electron chi connectivity index (χ3n) is 7.39. The first-order chi connectivity index (χ1) is 15.9. The van der Waals surface area contributed by atoms with Gasteiger partial charge in [0, 0.05) is 34.3 Å². The fraction of sp³-hybridized carbons (Fsp3) is 0.200. The van der Waals surface area contributed by atoms with Crippen LogP contribution in [0.1, 0.15) is 26.3 Å². The number of fused-ring (bicyclic) bond motifs is 7. The molecule has 2 aromatic heterocycles. The molecule has 6 aromatic rings. The molecule has 0 spiro atoms. The SMILES string of the molecule is CN1CN(c2ccc3c(c2)c2cc(C(C)(C)C)cc4c5ccccc5n3c42)c2ccccc21. The lowest BCUT2D eigenvalue weighted by Crippen LogP contribution is -2.23. The summed E-state index contributed by atoms with van der Waals surface area (Å²) in [6, 6.07) is 29.3. The van der Waals surface area contributed by atoms with Crippen molar-refractivity contribution in [1.82, 2.24) is 4.40 Å². The van der Waals surface area contributed by atoms with Crippen LogP contribution in [0, 0.1) is 0 Å². The third-order valence-corrected chi connectivity index (χ3v) is 7.39. The topological polar surface area (TPSA) is 10.9 Å². The van der Waals surface area contributed by atoms with E-state index in [9.17, 15) is 0 Å². The van der Waals surface area contributed by atoms with E-state index in [4.69, 9.17) is 0 Å². The highest BCUT2D eigenvalue weighted by Crippen LogP contribution is 2.44. The number of anilines is 3. The van der Waals surface area contributed by atoms with Gasteiger partial charge in [0.1, 0.15) is 0 Å². The molecule has 3 nitrogen and oxygen atoms in total. The lowest BCUT2D eigenvalue weighted by molar-refractivity contribution is 0.592. The van der Waals surface area contributed by atoms with Crippen LogP contribution in [0.15, 0.2) is 78.9 Å². The fourth-order valence-electron chi connectivity index (χ4n) is 5.69. The Kier molecular flexibility index (Phi) is 3.53. The van der Waals surface area contributed by atoms with Crippen LogP contribution in [-0.2, 0) is 5.41 Å². The van der Waals surface area contributed by atoms with E-state index in [1.807, 2.05) is 0 Å². The van der Waals surface area contributed by atoms with Crippen LogP contribution in [0.4, 0.5) is 17.1 Å². The van der Waals surface area contributed by atoms with E-state index in [-0.39, 0.29) is 5.41 Å². The fourth-order valence-corrected chi connectivity index (χ4v) is 5.69. The number of nitrogens with zero attached hydrogens (tertiary/aromatic N) is 3. The van der Waals surface area contributed by atoms with Crippen molar-refractivity contribution in [3.63, 3.8) is 0 Å². The van der Waals surface area contributed by atoms with E-state index < -0.39 is 0 Å². The maximum atomic E-state index is 2.47. The smallest absolute Gasteiger partial charge is 0.0950 e. The predicted molar refractivity (Wildman–Crippen MR) is 142 cm³/mol. The molecule has 0 saturated heterocycles. The highest BCUT2D eigenvalue weighted by molar-refractivity contribution is 6.24. The molecule has 3 heteroatoms. The van der Waals surface area contributed by atoms with Crippen LogP contribution < -0.4 is 9.80 Å². The van der Waals surface area contributed by atoms with Crippen LogP contribution in [0.25, 0.3) is 38.1 Å². The number of benzene rings is 4. The first kappa shape index (κ1) is 18.8. The van der Waals surface area contributed by atoms with Crippen molar-refractivity contribution in [3.8, 4) is 0 Å². The van der Waals surface area contributed by atoms with E-state index in [1.54, 1.807) is 0 Å². The summed E-state index contributed by atoms with van der Waals surface area (Å²) in [6.45, 7) is 7.79. The Morgan fingerprint density at radius 3 is 2.12 bits per heavy atom. The molecule has 0 saturated carbocycles. The van der Waals surface area contributed by atoms with Crippen molar-refractivity contribution in [2.24, 2.45) is 0 Å². The number of para-hydroxylation sites is 3. The Balaban J connectivity index is 1.57. The molecule has 4 aromatic carbocycles. The molecule has 33 heavy (non-hydrogen) atoms. The molecular formula is C30H27N3. The van der Waals surface area contributed by atoms with Gasteiger partial charge in [-0.2, -0.15) is 0 Å². The summed E-state index contributed by atoms with van der Waals surface area (Å²) >= 11 is 0. The van der Waals surface area contributed by atoms with Gasteiger partial charge < -0.3 is 14.2 Å². The Morgan fingerprint density at radius 2 is 1.33 bits per heavy atom. The molecule has 0 unspecified atom stereocenters. The highest BCUT2D eigenvalue weighted by atomic mass is 15.4. The molecule has 162 valence electrons. The van der Waals surface area contributed by atoms with Gasteiger partial charge in [-0.15, -0.1) is 0 Å². The maximum absolute atomic E-state index is 2.47. The van der Waals surface area contributed by atoms with Crippen molar-refractivity contribution in [1.29, 1.82) is 0 Å². The summed E-state index contributed by atoms with van der Waals surface area (Å²) in [6.07, 6.45) is 0. The molecule has 1 aliphatic heterocycles. The summed E-state index contributed by atoms with van der Waals surface area (Å²) in [5, 5.41) is 5.38. The van der Waals surface area contributed by atoms with Crippen molar-refractivity contribution in [2.75, 3.05) is 23.5 Å². The number of hydrogen-bond donors (Lipinski definition) is 0. The first-order valence-corrected chi connectivity index (χ1v) is 11.7. The number of hydrogen-bond acceptors (Lipinski definition) is 2. The summed E-state index contributed by atoms with van der Waals surface area (Å²) in [5.41, 5.74) is 9.20. The van der Waals surface area contributed by atoms with Crippen molar-refractivity contribution in [2.45, 2.75) is 26.2 Å². The van der Waals surface area contributed by atoms with Gasteiger partial charge in [0.05, 0.1) is 34.6 Å². The van der Waals surface area contributed by atoms with Gasteiger partial charge in [-0.1, -0.05) is 51.1 Å². The molecule has 1 aliphatic rings. The minimum atomic E-state index is 0.0882. The van der Waals surface area contributed by atoms with Crippen LogP contribution in [0.3, 0.4) is 0 Å². The summed E-state index contributed by atoms with van der Waals surface area (Å²) in [5.74, 6) is 0. The second-order valence-electron chi connectivity index (χ2n) is 10.5. The van der Waals surface area contributed by atoms with E-state index in [0.29, 0.717) is 0 Å². The average Bonchev–Trinajstić information content (AvgIpc) is 3.44. The van der Waals surface area contributed by atoms with E-state index in [1.165, 1.54) is 60.7 Å². The Morgan fingerprint density at radius 1 is 0.667 bits per heavy atom. The monoisotopic (exact) mass is 429 g/mol. The molecule has 0 atom stereocenters. The van der Waals surface area contributed by atoms with Gasteiger partial charge >= 0.3 is 0 Å². The van der Waals surface area contributed by atoms with Gasteiger partial charge in [-0.05, 0) is 59.5 Å². The number of aromatic nitrogens is 1. The zero-order valence-corrected chi connectivity index (χ0v) is 19.6. The standard InChI is InChI=1S/C30H27N3/c1-30(2,3)19-15-23-21-9-5-6-10-25(21)33-26-14-13-20(17-22(26)24(16-19)29(23)33)32-18-31(4)27-11-7-8-12-28(27)32/h5-17H,18H2,1-4H3. The largest absolute Gasteiger partial charge is 0.355 e. The second-order valence-corrected chi connectivity index (χ2v) is 10.5. The normalized spacial score (nSPS) is 14.4. The van der Waals surface area contributed by atoms with E-state index >= 15 is 0 Å². The van der Waals surface area contributed by atoms with Gasteiger partial charge in [0.2, 0.25) is 0 Å². The third kappa shape index (κ3) is 2.45. The van der Waals surface area contributed by atoms with Crippen LogP contribution >= 0.6 is 0 Å². The van der Waals surface area contributed by atoms with Crippen LogP contribution in [0.2, 0.25) is 0 Å². The average molecular weight is 430 g/mol. The van der Waals surface area contributed by atoms with Gasteiger partial charge in [-0.3, -0.25) is 0 Å². The maximum Gasteiger partial charge on any atom is 0.0950 e. The summed E-state index contributed by atoms with van der Waals surface area (Å²) in [7, 11) is 2.17. The highest BCUT2D eigenvalue weighted by Gasteiger charge is 2.26. The second kappa shape index (κ2) is 6.20. The molecule has 3 heterocycles. The lowest BCUT2D eigenvalue weighted by atomic mass is 9.85. The molecule has 0 radical (unpaired) electrons. The molecule has 0 aliphatic carbocycles. The van der Waals surface area contributed by atoms with Crippen LogP contribution in [-0.4, -0.2) is 18.1 Å². The Hall–Kier alpha value is -3.72. The first-order valence-electron chi connectivity index (χ1n) is 11.7. The molecule has 0 N–H and O–H groups in total. The Labute approximate surface area is 193 Å². The minimum Gasteiger partial charge on any atom is -0.355 e. The zero-order valence-electron chi connectivity index (χ0n) is 19.6. The quantitative estimate of drug-likeness (QED) is 0.265. The van der Waals surface area contributed by atoms with E-state index in [2.05, 4.69) is 121 Å². The summed E-state index contributed by atoms with van der Waals surface area (Å²) in [4.78, 5) is 4.74. The van der Waals surface area contributed by atoms with Crippen molar-refractivity contribution < 1.29 is 0 Å². The zero-order chi connectivity index (χ0) is 22.5. The lowest BCUT2D eigenvalue weighted by Gasteiger charge is -2.20. The summed E-state index contributed by atoms with van der Waals surface area (Å²) < 4.78 is 2.47. The Bertz CT molecular complexity index is 1700. The number of rotatable bonds is 1. The van der Waals surface area contributed by atoms with E-state index in [0.717, 1.165) is 6.67 Å². The van der Waals surface area contributed by atoms with Crippen molar-refractivity contribution >= 4 is 55.2 Å². The molecule has 0 amide bonds. The molecular weight excluding hydrogens is 402 g/mol. The van der Waals surface area contributed by atoms with Gasteiger partial charge in [-0.25, -0.2) is 0 Å². The predicted octanol–water partition coefficient (Wildman–Crippen LogP) is 7.68. The molecule has 0 bridgehead atoms. The van der Waals surface area contributed by atoms with Gasteiger partial charge in [0.25, 0.3) is 0 Å². The van der Waals surface area contributed by atoms with Crippen molar-refractivity contribution in [3.05, 3.63) is 84.4 Å². The molecule has 0 fully saturated rings. The van der Waals surface area contributed by atoms with Gasteiger partial charge in [0.15, 0.2) is 0 Å². The minimum absolute atomic E-state index is 0.0882.